The molecule has 0 bridgehead atoms. The second-order valence-electron chi connectivity index (χ2n) is 7.64. The Hall–Kier alpha value is -3.31. The summed E-state index contributed by atoms with van der Waals surface area (Å²) in [5.74, 6) is 0.582. The van der Waals surface area contributed by atoms with Crippen molar-refractivity contribution in [2.45, 2.75) is 19.6 Å². The van der Waals surface area contributed by atoms with E-state index in [0.29, 0.717) is 12.4 Å². The van der Waals surface area contributed by atoms with Crippen LogP contribution in [0.2, 0.25) is 0 Å². The van der Waals surface area contributed by atoms with Gasteiger partial charge in [-0.1, -0.05) is 30.3 Å². The number of nitrogens with one attached hydrogen (secondary N) is 1. The van der Waals surface area contributed by atoms with E-state index in [1.807, 2.05) is 42.5 Å². The van der Waals surface area contributed by atoms with Crippen LogP contribution in [0, 0.1) is 0 Å². The van der Waals surface area contributed by atoms with E-state index in [1.54, 1.807) is 16.8 Å². The summed E-state index contributed by atoms with van der Waals surface area (Å²) in [6.07, 6.45) is 2.81. The van der Waals surface area contributed by atoms with E-state index in [-0.39, 0.29) is 5.56 Å². The first-order chi connectivity index (χ1) is 14.2. The number of nitrogens with zero attached hydrogens (tertiary/aromatic N) is 2. The van der Waals surface area contributed by atoms with Crippen LogP contribution in [-0.2, 0) is 19.6 Å². The third-order valence-electron chi connectivity index (χ3n) is 5.57. The number of hydrogen-bond donors (Lipinski definition) is 1. The van der Waals surface area contributed by atoms with E-state index in [2.05, 4.69) is 29.1 Å². The van der Waals surface area contributed by atoms with Crippen molar-refractivity contribution in [3.05, 3.63) is 94.0 Å². The molecule has 5 rings (SSSR count). The van der Waals surface area contributed by atoms with Crippen LogP contribution in [0.1, 0.15) is 16.8 Å². The number of aromatic amines is 1. The van der Waals surface area contributed by atoms with Gasteiger partial charge in [0.15, 0.2) is 0 Å². The molecule has 29 heavy (non-hydrogen) atoms. The van der Waals surface area contributed by atoms with Gasteiger partial charge in [-0.25, -0.2) is 0 Å². The van der Waals surface area contributed by atoms with Gasteiger partial charge in [0.1, 0.15) is 12.4 Å². The third kappa shape index (κ3) is 3.45. The van der Waals surface area contributed by atoms with Crippen molar-refractivity contribution in [2.24, 2.45) is 0 Å². The van der Waals surface area contributed by atoms with Crippen LogP contribution in [0.15, 0.2) is 71.7 Å². The Kier molecular flexibility index (Phi) is 4.45. The zero-order valence-electron chi connectivity index (χ0n) is 16.4. The van der Waals surface area contributed by atoms with Gasteiger partial charge in [-0.15, -0.1) is 0 Å². The van der Waals surface area contributed by atoms with Crippen LogP contribution >= 0.6 is 0 Å². The van der Waals surface area contributed by atoms with Crippen LogP contribution in [-0.4, -0.2) is 28.0 Å². The van der Waals surface area contributed by atoms with E-state index >= 15 is 0 Å². The molecule has 0 spiro atoms. The van der Waals surface area contributed by atoms with Gasteiger partial charge in [-0.2, -0.15) is 0 Å². The molecule has 4 aromatic rings. The third-order valence-corrected chi connectivity index (χ3v) is 5.57. The van der Waals surface area contributed by atoms with Crippen molar-refractivity contribution in [3.8, 4) is 11.4 Å². The van der Waals surface area contributed by atoms with Gasteiger partial charge >= 0.3 is 0 Å². The Labute approximate surface area is 169 Å². The fourth-order valence-electron chi connectivity index (χ4n) is 4.02. The molecule has 5 nitrogen and oxygen atoms in total. The average molecular weight is 385 g/mol. The second kappa shape index (κ2) is 7.26. The Morgan fingerprint density at radius 3 is 2.76 bits per heavy atom. The molecule has 2 aromatic heterocycles. The molecular weight excluding hydrogens is 362 g/mol. The lowest BCUT2D eigenvalue weighted by Gasteiger charge is -2.22. The fraction of sp³-hybridized carbons (Fsp3) is 0.208. The smallest absolute Gasteiger partial charge is 0.258 e. The molecule has 5 heteroatoms. The van der Waals surface area contributed by atoms with E-state index in [4.69, 9.17) is 4.74 Å². The molecule has 1 N–H and O–H groups in total. The van der Waals surface area contributed by atoms with Gasteiger partial charge < -0.3 is 14.6 Å². The number of benzene rings is 2. The van der Waals surface area contributed by atoms with Crippen molar-refractivity contribution in [3.63, 3.8) is 0 Å². The summed E-state index contributed by atoms with van der Waals surface area (Å²) in [6.45, 7) is 2.44. The number of fused-ring (bicyclic) bond motifs is 3. The molecule has 0 amide bonds. The topological polar surface area (TPSA) is 50.3 Å². The SMILES string of the molecule is CN1CCc2c([nH]c3ccc(-n4ccc(OCc5ccccc5)cc4=O)cc23)C1. The molecule has 2 aromatic carbocycles. The van der Waals surface area contributed by atoms with E-state index < -0.39 is 0 Å². The standard InChI is InChI=1S/C24H23N3O2/c1-26-11-10-20-21-13-18(7-8-22(21)25-23(20)15-26)27-12-9-19(14-24(27)28)29-16-17-5-3-2-4-6-17/h2-9,12-14,25H,10-11,15-16H2,1H3. The van der Waals surface area contributed by atoms with Gasteiger partial charge in [-0.3, -0.25) is 9.36 Å². The Morgan fingerprint density at radius 1 is 1.07 bits per heavy atom. The fourth-order valence-corrected chi connectivity index (χ4v) is 4.02. The Bertz CT molecular complexity index is 1220. The predicted molar refractivity (Wildman–Crippen MR) is 115 cm³/mol. The molecule has 146 valence electrons. The molecule has 0 unspecified atom stereocenters. The number of likely N-dealkylation sites (N-methyl/N-ethyl adjacent to an activating group) is 1. The Morgan fingerprint density at radius 2 is 1.93 bits per heavy atom. The van der Waals surface area contributed by atoms with E-state index in [1.165, 1.54) is 16.6 Å². The lowest BCUT2D eigenvalue weighted by atomic mass is 10.0. The summed E-state index contributed by atoms with van der Waals surface area (Å²) < 4.78 is 7.45. The zero-order valence-corrected chi connectivity index (χ0v) is 16.4. The van der Waals surface area contributed by atoms with Crippen molar-refractivity contribution in [2.75, 3.05) is 13.6 Å². The predicted octanol–water partition coefficient (Wildman–Crippen LogP) is 3.89. The highest BCUT2D eigenvalue weighted by atomic mass is 16.5. The molecule has 0 radical (unpaired) electrons. The molecule has 0 fully saturated rings. The maximum atomic E-state index is 12.7. The second-order valence-corrected chi connectivity index (χ2v) is 7.64. The minimum Gasteiger partial charge on any atom is -0.489 e. The van der Waals surface area contributed by atoms with Crippen LogP contribution in [0.3, 0.4) is 0 Å². The molecular formula is C24H23N3O2. The molecule has 1 aliphatic rings. The first kappa shape index (κ1) is 17.8. The van der Waals surface area contributed by atoms with E-state index in [9.17, 15) is 4.79 Å². The maximum absolute atomic E-state index is 12.7. The van der Waals surface area contributed by atoms with Gasteiger partial charge in [0.2, 0.25) is 0 Å². The van der Waals surface area contributed by atoms with Gasteiger partial charge in [0, 0.05) is 47.6 Å². The number of H-pyrrole nitrogens is 1. The molecule has 0 atom stereocenters. The van der Waals surface area contributed by atoms with Crippen molar-refractivity contribution < 1.29 is 4.74 Å². The molecule has 3 heterocycles. The van der Waals surface area contributed by atoms with Crippen LogP contribution in [0.4, 0.5) is 0 Å². The van der Waals surface area contributed by atoms with Gasteiger partial charge in [0.05, 0.1) is 0 Å². The van der Waals surface area contributed by atoms with Gasteiger partial charge in [-0.05, 0) is 48.9 Å². The number of ether oxygens (including phenoxy) is 1. The summed E-state index contributed by atoms with van der Waals surface area (Å²) in [6, 6.07) is 19.5. The van der Waals surface area contributed by atoms with Crippen molar-refractivity contribution in [1.29, 1.82) is 0 Å². The minimum absolute atomic E-state index is 0.0981. The minimum atomic E-state index is -0.0981. The first-order valence-corrected chi connectivity index (χ1v) is 9.89. The molecule has 0 aliphatic carbocycles. The van der Waals surface area contributed by atoms with Crippen molar-refractivity contribution in [1.82, 2.24) is 14.5 Å². The highest BCUT2D eigenvalue weighted by Gasteiger charge is 2.18. The zero-order chi connectivity index (χ0) is 19.8. The molecule has 0 saturated carbocycles. The number of rotatable bonds is 4. The summed E-state index contributed by atoms with van der Waals surface area (Å²) in [7, 11) is 2.14. The molecule has 1 aliphatic heterocycles. The molecule has 0 saturated heterocycles. The first-order valence-electron chi connectivity index (χ1n) is 9.89. The lowest BCUT2D eigenvalue weighted by molar-refractivity contribution is 0.305. The summed E-state index contributed by atoms with van der Waals surface area (Å²) in [4.78, 5) is 18.6. The summed E-state index contributed by atoms with van der Waals surface area (Å²) >= 11 is 0. The maximum Gasteiger partial charge on any atom is 0.258 e. The number of aromatic nitrogens is 2. The lowest BCUT2D eigenvalue weighted by Crippen LogP contribution is -2.26. The monoisotopic (exact) mass is 385 g/mol. The summed E-state index contributed by atoms with van der Waals surface area (Å²) in [5.41, 5.74) is 5.63. The van der Waals surface area contributed by atoms with Crippen LogP contribution < -0.4 is 10.3 Å². The van der Waals surface area contributed by atoms with E-state index in [0.717, 1.165) is 36.3 Å². The normalized spacial score (nSPS) is 14.1. The quantitative estimate of drug-likeness (QED) is 0.580. The Balaban J connectivity index is 1.43. The largest absolute Gasteiger partial charge is 0.489 e. The highest BCUT2D eigenvalue weighted by Crippen LogP contribution is 2.28. The number of hydrogen-bond acceptors (Lipinski definition) is 3. The average Bonchev–Trinajstić information content (AvgIpc) is 3.09. The highest BCUT2D eigenvalue weighted by molar-refractivity contribution is 5.86. The van der Waals surface area contributed by atoms with Crippen LogP contribution in [0.25, 0.3) is 16.6 Å². The summed E-state index contributed by atoms with van der Waals surface area (Å²) in [5, 5.41) is 1.21. The van der Waals surface area contributed by atoms with Crippen LogP contribution in [0.5, 0.6) is 5.75 Å². The van der Waals surface area contributed by atoms with Crippen molar-refractivity contribution >= 4 is 10.9 Å². The number of pyridine rings is 1. The van der Waals surface area contributed by atoms with Gasteiger partial charge in [0.25, 0.3) is 5.56 Å².